The third kappa shape index (κ3) is 5.62. The second-order valence-corrected chi connectivity index (χ2v) is 7.12. The third-order valence-corrected chi connectivity index (χ3v) is 4.03. The van der Waals surface area contributed by atoms with Crippen molar-refractivity contribution in [2.24, 2.45) is 0 Å². The summed E-state index contributed by atoms with van der Waals surface area (Å²) < 4.78 is 5.44. The number of nitrogens with one attached hydrogen (secondary N) is 2. The molecule has 2 rings (SSSR count). The first-order valence-corrected chi connectivity index (χ1v) is 8.71. The average Bonchev–Trinajstić information content (AvgIpc) is 2.64. The lowest BCUT2D eigenvalue weighted by Crippen LogP contribution is -2.43. The zero-order valence-electron chi connectivity index (χ0n) is 15.8. The molecule has 0 fully saturated rings. The topological polar surface area (TPSA) is 67.4 Å². The van der Waals surface area contributed by atoms with Gasteiger partial charge in [0.25, 0.3) is 11.8 Å². The number of hydrogen-bond acceptors (Lipinski definition) is 3. The van der Waals surface area contributed by atoms with Gasteiger partial charge in [-0.3, -0.25) is 20.4 Å². The number of ether oxygens (including phenoxy) is 1. The van der Waals surface area contributed by atoms with Gasteiger partial charge >= 0.3 is 0 Å². The number of rotatable bonds is 5. The highest BCUT2D eigenvalue weighted by molar-refractivity contribution is 5.95. The lowest BCUT2D eigenvalue weighted by atomic mass is 9.87. The summed E-state index contributed by atoms with van der Waals surface area (Å²) in [5, 5.41) is 0. The van der Waals surface area contributed by atoms with Crippen LogP contribution in [0.2, 0.25) is 0 Å². The summed E-state index contributed by atoms with van der Waals surface area (Å²) in [6.07, 6.45) is 0.909. The Morgan fingerprint density at radius 2 is 1.54 bits per heavy atom. The Balaban J connectivity index is 1.78. The second kappa shape index (κ2) is 8.52. The number of benzene rings is 2. The summed E-state index contributed by atoms with van der Waals surface area (Å²) in [6, 6.07) is 14.9. The summed E-state index contributed by atoms with van der Waals surface area (Å²) in [6.45, 7) is 8.27. The van der Waals surface area contributed by atoms with Gasteiger partial charge in [0, 0.05) is 5.56 Å². The van der Waals surface area contributed by atoms with E-state index in [1.54, 1.807) is 12.1 Å². The summed E-state index contributed by atoms with van der Waals surface area (Å²) in [5.74, 6) is -0.186. The Labute approximate surface area is 154 Å². The molecule has 0 aliphatic heterocycles. The molecule has 2 aromatic carbocycles. The molecule has 5 nitrogen and oxygen atoms in total. The standard InChI is InChI=1S/C21H26N2O3/c1-5-15-6-8-16(9-7-15)20(25)23-22-19(24)14-26-18-12-10-17(11-13-18)21(2,3)4/h6-13H,5,14H2,1-4H3,(H,22,24)(H,23,25). The smallest absolute Gasteiger partial charge is 0.276 e. The van der Waals surface area contributed by atoms with E-state index >= 15 is 0 Å². The Kier molecular flexibility index (Phi) is 6.39. The van der Waals surface area contributed by atoms with Crippen LogP contribution in [0.4, 0.5) is 0 Å². The van der Waals surface area contributed by atoms with E-state index in [0.29, 0.717) is 11.3 Å². The van der Waals surface area contributed by atoms with Crippen LogP contribution in [0.5, 0.6) is 5.75 Å². The van der Waals surface area contributed by atoms with Crippen LogP contribution < -0.4 is 15.6 Å². The van der Waals surface area contributed by atoms with Gasteiger partial charge in [0.05, 0.1) is 0 Å². The van der Waals surface area contributed by atoms with Gasteiger partial charge in [-0.05, 0) is 47.2 Å². The van der Waals surface area contributed by atoms with Gasteiger partial charge in [0.15, 0.2) is 6.61 Å². The number of hydrogen-bond donors (Lipinski definition) is 2. The number of carbonyl (C=O) groups is 2. The van der Waals surface area contributed by atoms with Crippen molar-refractivity contribution >= 4 is 11.8 Å². The fourth-order valence-electron chi connectivity index (χ4n) is 2.33. The molecule has 0 aromatic heterocycles. The van der Waals surface area contributed by atoms with E-state index in [-0.39, 0.29) is 17.9 Å². The molecule has 5 heteroatoms. The molecular weight excluding hydrogens is 328 g/mol. The van der Waals surface area contributed by atoms with Crippen molar-refractivity contribution in [3.8, 4) is 5.75 Å². The molecule has 0 aliphatic carbocycles. The van der Waals surface area contributed by atoms with Crippen molar-refractivity contribution in [1.82, 2.24) is 10.9 Å². The fraction of sp³-hybridized carbons (Fsp3) is 0.333. The van der Waals surface area contributed by atoms with Gasteiger partial charge < -0.3 is 4.74 Å². The minimum atomic E-state index is -0.427. The predicted octanol–water partition coefficient (Wildman–Crippen LogP) is 3.39. The van der Waals surface area contributed by atoms with Crippen molar-refractivity contribution in [1.29, 1.82) is 0 Å². The Hall–Kier alpha value is -2.82. The van der Waals surface area contributed by atoms with Crippen LogP contribution in [0.1, 0.15) is 49.2 Å². The molecule has 0 atom stereocenters. The maximum absolute atomic E-state index is 12.0. The van der Waals surface area contributed by atoms with Crippen molar-refractivity contribution < 1.29 is 14.3 Å². The maximum atomic E-state index is 12.0. The van der Waals surface area contributed by atoms with Crippen molar-refractivity contribution in [3.05, 3.63) is 65.2 Å². The molecule has 0 saturated carbocycles. The first kappa shape index (κ1) is 19.5. The van der Waals surface area contributed by atoms with Gasteiger partial charge in [-0.2, -0.15) is 0 Å². The summed E-state index contributed by atoms with van der Waals surface area (Å²) >= 11 is 0. The molecule has 0 unspecified atom stereocenters. The van der Waals surface area contributed by atoms with Gasteiger partial charge in [-0.25, -0.2) is 0 Å². The van der Waals surface area contributed by atoms with Gasteiger partial charge in [0.2, 0.25) is 0 Å². The number of aryl methyl sites for hydroxylation is 1. The Morgan fingerprint density at radius 3 is 2.08 bits per heavy atom. The van der Waals surface area contributed by atoms with Crippen LogP contribution in [0.25, 0.3) is 0 Å². The van der Waals surface area contributed by atoms with Crippen LogP contribution in [0.15, 0.2) is 48.5 Å². The van der Waals surface area contributed by atoms with Crippen LogP contribution in [0, 0.1) is 0 Å². The first-order chi connectivity index (χ1) is 12.3. The van der Waals surface area contributed by atoms with Crippen LogP contribution >= 0.6 is 0 Å². The second-order valence-electron chi connectivity index (χ2n) is 7.12. The van der Waals surface area contributed by atoms with Crippen LogP contribution in [0.3, 0.4) is 0 Å². The third-order valence-electron chi connectivity index (χ3n) is 4.03. The molecule has 0 radical (unpaired) electrons. The highest BCUT2D eigenvalue weighted by Gasteiger charge is 2.13. The van der Waals surface area contributed by atoms with E-state index < -0.39 is 5.91 Å². The van der Waals surface area contributed by atoms with Crippen molar-refractivity contribution in [2.45, 2.75) is 39.5 Å². The molecule has 2 amide bonds. The SMILES string of the molecule is CCc1ccc(C(=O)NNC(=O)COc2ccc(C(C)(C)C)cc2)cc1. The van der Waals surface area contributed by atoms with Crippen LogP contribution in [-0.2, 0) is 16.6 Å². The van der Waals surface area contributed by atoms with E-state index in [1.807, 2.05) is 43.3 Å². The lowest BCUT2D eigenvalue weighted by Gasteiger charge is -2.19. The van der Waals surface area contributed by atoms with E-state index in [4.69, 9.17) is 4.74 Å². The van der Waals surface area contributed by atoms with Crippen molar-refractivity contribution in [2.75, 3.05) is 6.61 Å². The molecule has 0 heterocycles. The number of amides is 2. The van der Waals surface area contributed by atoms with Gasteiger partial charge in [0.1, 0.15) is 5.75 Å². The molecule has 26 heavy (non-hydrogen) atoms. The summed E-state index contributed by atoms with van der Waals surface area (Å²) in [7, 11) is 0. The van der Waals surface area contributed by atoms with Gasteiger partial charge in [-0.1, -0.05) is 52.0 Å². The maximum Gasteiger partial charge on any atom is 0.276 e. The average molecular weight is 354 g/mol. The normalized spacial score (nSPS) is 10.9. The number of carbonyl (C=O) groups excluding carboxylic acids is 2. The highest BCUT2D eigenvalue weighted by atomic mass is 16.5. The lowest BCUT2D eigenvalue weighted by molar-refractivity contribution is -0.123. The molecule has 0 aliphatic rings. The van der Waals surface area contributed by atoms with E-state index in [1.165, 1.54) is 5.56 Å². The van der Waals surface area contributed by atoms with Crippen molar-refractivity contribution in [3.63, 3.8) is 0 Å². The summed E-state index contributed by atoms with van der Waals surface area (Å²) in [5.41, 5.74) is 7.63. The molecule has 0 bridgehead atoms. The molecule has 138 valence electrons. The van der Waals surface area contributed by atoms with E-state index in [0.717, 1.165) is 12.0 Å². The highest BCUT2D eigenvalue weighted by Crippen LogP contribution is 2.24. The van der Waals surface area contributed by atoms with E-state index in [9.17, 15) is 9.59 Å². The summed E-state index contributed by atoms with van der Waals surface area (Å²) in [4.78, 5) is 23.8. The minimum Gasteiger partial charge on any atom is -0.484 e. The predicted molar refractivity (Wildman–Crippen MR) is 102 cm³/mol. The zero-order chi connectivity index (χ0) is 19.2. The molecule has 0 spiro atoms. The quantitative estimate of drug-likeness (QED) is 0.809. The molecule has 0 saturated heterocycles. The zero-order valence-corrected chi connectivity index (χ0v) is 15.8. The van der Waals surface area contributed by atoms with Gasteiger partial charge in [-0.15, -0.1) is 0 Å². The first-order valence-electron chi connectivity index (χ1n) is 8.71. The largest absolute Gasteiger partial charge is 0.484 e. The molecule has 2 aromatic rings. The van der Waals surface area contributed by atoms with Crippen LogP contribution in [-0.4, -0.2) is 18.4 Å². The molecule has 2 N–H and O–H groups in total. The monoisotopic (exact) mass is 354 g/mol. The molecular formula is C21H26N2O3. The Bertz CT molecular complexity index is 744. The van der Waals surface area contributed by atoms with E-state index in [2.05, 4.69) is 31.6 Å². The number of hydrazine groups is 1. The fourth-order valence-corrected chi connectivity index (χ4v) is 2.33. The Morgan fingerprint density at radius 1 is 0.923 bits per heavy atom. The minimum absolute atomic E-state index is 0.0650.